The molecule has 1 unspecified atom stereocenters. The molecule has 6 heteroatoms. The minimum absolute atomic E-state index is 0.0752. The summed E-state index contributed by atoms with van der Waals surface area (Å²) >= 11 is 1.67. The quantitative estimate of drug-likeness (QED) is 0.915. The predicted molar refractivity (Wildman–Crippen MR) is 92.4 cm³/mol. The van der Waals surface area contributed by atoms with Gasteiger partial charge in [-0.25, -0.2) is 4.98 Å². The maximum Gasteiger partial charge on any atom is 0.255 e. The summed E-state index contributed by atoms with van der Waals surface area (Å²) < 4.78 is 5.25. The number of ether oxygens (including phenoxy) is 1. The lowest BCUT2D eigenvalue weighted by atomic mass is 9.98. The summed E-state index contributed by atoms with van der Waals surface area (Å²) in [6.45, 7) is 2.67. The second kappa shape index (κ2) is 7.46. The monoisotopic (exact) mass is 331 g/mol. The van der Waals surface area contributed by atoms with Crippen LogP contribution in [0.25, 0.3) is 0 Å². The van der Waals surface area contributed by atoms with Gasteiger partial charge in [0.1, 0.15) is 5.75 Å². The number of hydrogen-bond donors (Lipinski definition) is 1. The topological polar surface area (TPSA) is 54.5 Å². The lowest BCUT2D eigenvalue weighted by Gasteiger charge is -2.32. The number of aromatic nitrogens is 1. The highest BCUT2D eigenvalue weighted by Crippen LogP contribution is 2.24. The fourth-order valence-electron chi connectivity index (χ4n) is 2.94. The molecule has 0 bridgehead atoms. The van der Waals surface area contributed by atoms with E-state index in [-0.39, 0.29) is 5.91 Å². The number of benzene rings is 1. The SMILES string of the molecule is COc1ccccc1C(=O)NCC1CCCN(c2nccs2)C1. The van der Waals surface area contributed by atoms with Crippen molar-refractivity contribution < 1.29 is 9.53 Å². The molecule has 5 nitrogen and oxygen atoms in total. The Balaban J connectivity index is 1.56. The fourth-order valence-corrected chi connectivity index (χ4v) is 3.62. The predicted octanol–water partition coefficient (Wildman–Crippen LogP) is 2.80. The Hall–Kier alpha value is -2.08. The number of nitrogens with one attached hydrogen (secondary N) is 1. The Labute approximate surface area is 140 Å². The largest absolute Gasteiger partial charge is 0.496 e. The Kier molecular flexibility index (Phi) is 5.12. The van der Waals surface area contributed by atoms with Crippen LogP contribution in [0.1, 0.15) is 23.2 Å². The summed E-state index contributed by atoms with van der Waals surface area (Å²) in [7, 11) is 1.58. The number of methoxy groups -OCH3 is 1. The average molecular weight is 331 g/mol. The number of piperidine rings is 1. The second-order valence-electron chi connectivity index (χ2n) is 5.68. The van der Waals surface area contributed by atoms with E-state index in [1.165, 1.54) is 0 Å². The maximum atomic E-state index is 12.4. The molecule has 122 valence electrons. The van der Waals surface area contributed by atoms with Crippen molar-refractivity contribution >= 4 is 22.4 Å². The Morgan fingerprint density at radius 1 is 1.48 bits per heavy atom. The van der Waals surface area contributed by atoms with E-state index in [0.717, 1.165) is 31.1 Å². The number of para-hydroxylation sites is 1. The van der Waals surface area contributed by atoms with Crippen LogP contribution in [0.4, 0.5) is 5.13 Å². The normalized spacial score (nSPS) is 17.8. The van der Waals surface area contributed by atoms with Gasteiger partial charge in [-0.3, -0.25) is 4.79 Å². The second-order valence-corrected chi connectivity index (χ2v) is 6.55. The molecule has 0 spiro atoms. The minimum Gasteiger partial charge on any atom is -0.496 e. The molecule has 2 heterocycles. The van der Waals surface area contributed by atoms with Crippen LogP contribution in [-0.2, 0) is 0 Å². The van der Waals surface area contributed by atoms with Gasteiger partial charge in [0, 0.05) is 31.2 Å². The fraction of sp³-hybridized carbons (Fsp3) is 0.412. The smallest absolute Gasteiger partial charge is 0.255 e. The van der Waals surface area contributed by atoms with Crippen molar-refractivity contribution in [2.75, 3.05) is 31.6 Å². The van der Waals surface area contributed by atoms with Crippen LogP contribution in [0, 0.1) is 5.92 Å². The van der Waals surface area contributed by atoms with Crippen LogP contribution < -0.4 is 15.0 Å². The maximum absolute atomic E-state index is 12.4. The van der Waals surface area contributed by atoms with Crippen LogP contribution >= 0.6 is 11.3 Å². The van der Waals surface area contributed by atoms with Crippen LogP contribution in [0.15, 0.2) is 35.8 Å². The zero-order chi connectivity index (χ0) is 16.1. The van der Waals surface area contributed by atoms with E-state index < -0.39 is 0 Å². The summed E-state index contributed by atoms with van der Waals surface area (Å²) in [6.07, 6.45) is 4.11. The van der Waals surface area contributed by atoms with Crippen molar-refractivity contribution in [3.05, 3.63) is 41.4 Å². The lowest BCUT2D eigenvalue weighted by molar-refractivity contribution is 0.0942. The van der Waals surface area contributed by atoms with E-state index >= 15 is 0 Å². The summed E-state index contributed by atoms with van der Waals surface area (Å²) in [5, 5.41) is 6.12. The molecule has 1 N–H and O–H groups in total. The molecule has 0 saturated carbocycles. The first kappa shape index (κ1) is 15.8. The molecular weight excluding hydrogens is 310 g/mol. The van der Waals surface area contributed by atoms with Crippen molar-refractivity contribution in [1.29, 1.82) is 0 Å². The third-order valence-electron chi connectivity index (χ3n) is 4.11. The van der Waals surface area contributed by atoms with E-state index in [9.17, 15) is 4.79 Å². The number of amides is 1. The molecule has 1 aromatic carbocycles. The zero-order valence-electron chi connectivity index (χ0n) is 13.2. The molecule has 1 saturated heterocycles. The highest BCUT2D eigenvalue weighted by atomic mass is 32.1. The molecule has 0 radical (unpaired) electrons. The molecule has 1 amide bonds. The van der Waals surface area contributed by atoms with Gasteiger partial charge in [0.15, 0.2) is 5.13 Å². The molecule has 3 rings (SSSR count). The van der Waals surface area contributed by atoms with Gasteiger partial charge in [0.25, 0.3) is 5.91 Å². The van der Waals surface area contributed by atoms with Crippen molar-refractivity contribution in [2.45, 2.75) is 12.8 Å². The molecular formula is C17H21N3O2S. The molecule has 1 aromatic heterocycles. The standard InChI is InChI=1S/C17H21N3O2S/c1-22-15-7-3-2-6-14(15)16(21)19-11-13-5-4-9-20(12-13)17-18-8-10-23-17/h2-3,6-8,10,13H,4-5,9,11-12H2,1H3,(H,19,21). The number of nitrogens with zero attached hydrogens (tertiary/aromatic N) is 2. The van der Waals surface area contributed by atoms with Gasteiger partial charge in [0.05, 0.1) is 12.7 Å². The van der Waals surface area contributed by atoms with E-state index in [1.54, 1.807) is 30.6 Å². The molecule has 0 aliphatic carbocycles. The van der Waals surface area contributed by atoms with Gasteiger partial charge < -0.3 is 15.0 Å². The number of hydrogen-bond acceptors (Lipinski definition) is 5. The molecule has 1 aliphatic rings. The molecule has 2 aromatic rings. The first-order chi connectivity index (χ1) is 11.3. The van der Waals surface area contributed by atoms with Crippen LogP contribution in [0.2, 0.25) is 0 Å². The average Bonchev–Trinajstić information content (AvgIpc) is 3.14. The van der Waals surface area contributed by atoms with E-state index in [0.29, 0.717) is 23.8 Å². The molecule has 23 heavy (non-hydrogen) atoms. The van der Waals surface area contributed by atoms with Gasteiger partial charge in [-0.1, -0.05) is 12.1 Å². The van der Waals surface area contributed by atoms with Gasteiger partial charge in [-0.2, -0.15) is 0 Å². The molecule has 1 atom stereocenters. The van der Waals surface area contributed by atoms with Crippen molar-refractivity contribution in [1.82, 2.24) is 10.3 Å². The first-order valence-corrected chi connectivity index (χ1v) is 8.71. The number of thiazole rings is 1. The van der Waals surface area contributed by atoms with Crippen molar-refractivity contribution in [3.63, 3.8) is 0 Å². The molecule has 1 fully saturated rings. The Morgan fingerprint density at radius 3 is 3.13 bits per heavy atom. The van der Waals surface area contributed by atoms with Gasteiger partial charge in [0.2, 0.25) is 0 Å². The third kappa shape index (κ3) is 3.82. The van der Waals surface area contributed by atoms with Crippen molar-refractivity contribution in [2.24, 2.45) is 5.92 Å². The highest BCUT2D eigenvalue weighted by molar-refractivity contribution is 7.13. The summed E-state index contributed by atoms with van der Waals surface area (Å²) in [5.41, 5.74) is 0.586. The van der Waals surface area contributed by atoms with E-state index in [2.05, 4.69) is 15.2 Å². The summed E-state index contributed by atoms with van der Waals surface area (Å²) in [4.78, 5) is 19.1. The Morgan fingerprint density at radius 2 is 2.35 bits per heavy atom. The van der Waals surface area contributed by atoms with Gasteiger partial charge in [-0.05, 0) is 30.9 Å². The van der Waals surface area contributed by atoms with Crippen LogP contribution in [0.5, 0.6) is 5.75 Å². The van der Waals surface area contributed by atoms with Crippen molar-refractivity contribution in [3.8, 4) is 5.75 Å². The van der Waals surface area contributed by atoms with E-state index in [1.807, 2.05) is 23.7 Å². The molecule has 1 aliphatic heterocycles. The summed E-state index contributed by atoms with van der Waals surface area (Å²) in [5.74, 6) is 0.984. The number of carbonyl (C=O) groups excluding carboxylic acids is 1. The number of anilines is 1. The van der Waals surface area contributed by atoms with E-state index in [4.69, 9.17) is 4.74 Å². The van der Waals surface area contributed by atoms with Gasteiger partial charge >= 0.3 is 0 Å². The number of rotatable bonds is 5. The van der Waals surface area contributed by atoms with Crippen LogP contribution in [0.3, 0.4) is 0 Å². The van der Waals surface area contributed by atoms with Crippen LogP contribution in [-0.4, -0.2) is 37.6 Å². The third-order valence-corrected chi connectivity index (χ3v) is 4.94. The zero-order valence-corrected chi connectivity index (χ0v) is 14.0. The minimum atomic E-state index is -0.0752. The van der Waals surface area contributed by atoms with Gasteiger partial charge in [-0.15, -0.1) is 11.3 Å². The first-order valence-electron chi connectivity index (χ1n) is 7.83. The highest BCUT2D eigenvalue weighted by Gasteiger charge is 2.22. The Bertz CT molecular complexity index is 645. The lowest BCUT2D eigenvalue weighted by Crippen LogP contribution is -2.41. The number of carbonyl (C=O) groups is 1. The summed E-state index contributed by atoms with van der Waals surface area (Å²) in [6, 6.07) is 7.31.